The molecular weight excluding hydrogens is 152 g/mol. The van der Waals surface area contributed by atoms with Gasteiger partial charge in [0.05, 0.1) is 0 Å². The fourth-order valence-corrected chi connectivity index (χ4v) is 0.787. The van der Waals surface area contributed by atoms with Crippen molar-refractivity contribution in [1.82, 2.24) is 0 Å². The molecule has 2 nitrogen and oxygen atoms in total. The standard InChI is InChI=1S/C10H8O2/c11-7-1-2-9-3-5-10(8-12)6-4-9/h3-6,8,11H,7H2. The molecule has 60 valence electrons. The highest BCUT2D eigenvalue weighted by Crippen LogP contribution is 1.99. The molecule has 0 saturated carbocycles. The molecule has 0 atom stereocenters. The highest BCUT2D eigenvalue weighted by atomic mass is 16.2. The Kier molecular flexibility index (Phi) is 3.06. The second-order valence-corrected chi connectivity index (χ2v) is 2.20. The van der Waals surface area contributed by atoms with Gasteiger partial charge >= 0.3 is 0 Å². The van der Waals surface area contributed by atoms with Crippen LogP contribution in [0.3, 0.4) is 0 Å². The molecule has 1 rings (SSSR count). The molecule has 0 amide bonds. The molecule has 0 spiro atoms. The molecule has 0 bridgehead atoms. The molecule has 1 aromatic carbocycles. The summed E-state index contributed by atoms with van der Waals surface area (Å²) >= 11 is 0. The van der Waals surface area contributed by atoms with E-state index in [1.54, 1.807) is 24.3 Å². The van der Waals surface area contributed by atoms with E-state index in [9.17, 15) is 4.79 Å². The van der Waals surface area contributed by atoms with Crippen LogP contribution in [0.2, 0.25) is 0 Å². The molecular formula is C10H8O2. The third-order valence-electron chi connectivity index (χ3n) is 1.36. The van der Waals surface area contributed by atoms with Crippen molar-refractivity contribution < 1.29 is 9.90 Å². The number of carbonyl (C=O) groups excluding carboxylic acids is 1. The Morgan fingerprint density at radius 1 is 1.33 bits per heavy atom. The molecule has 2 heteroatoms. The first-order valence-electron chi connectivity index (χ1n) is 3.52. The number of aliphatic hydroxyl groups is 1. The van der Waals surface area contributed by atoms with Crippen LogP contribution in [-0.4, -0.2) is 18.0 Å². The summed E-state index contributed by atoms with van der Waals surface area (Å²) in [5.74, 6) is 5.25. The van der Waals surface area contributed by atoms with Crippen molar-refractivity contribution in [3.63, 3.8) is 0 Å². The van der Waals surface area contributed by atoms with Crippen LogP contribution in [0.15, 0.2) is 24.3 Å². The SMILES string of the molecule is O=Cc1ccc(C#CCO)cc1. The van der Waals surface area contributed by atoms with Crippen molar-refractivity contribution in [2.24, 2.45) is 0 Å². The summed E-state index contributed by atoms with van der Waals surface area (Å²) in [6.07, 6.45) is 0.781. The number of aliphatic hydroxyl groups excluding tert-OH is 1. The van der Waals surface area contributed by atoms with E-state index in [0.29, 0.717) is 5.56 Å². The summed E-state index contributed by atoms with van der Waals surface area (Å²) < 4.78 is 0. The first kappa shape index (κ1) is 8.51. The fourth-order valence-electron chi connectivity index (χ4n) is 0.787. The van der Waals surface area contributed by atoms with E-state index in [1.165, 1.54) is 0 Å². The Bertz CT molecular complexity index is 314. The van der Waals surface area contributed by atoms with Gasteiger partial charge in [0, 0.05) is 11.1 Å². The lowest BCUT2D eigenvalue weighted by Gasteiger charge is -1.89. The highest BCUT2D eigenvalue weighted by molar-refractivity contribution is 5.74. The van der Waals surface area contributed by atoms with Crippen LogP contribution in [0.5, 0.6) is 0 Å². The summed E-state index contributed by atoms with van der Waals surface area (Å²) in [6, 6.07) is 6.86. The van der Waals surface area contributed by atoms with E-state index < -0.39 is 0 Å². The third kappa shape index (κ3) is 2.22. The molecule has 12 heavy (non-hydrogen) atoms. The van der Waals surface area contributed by atoms with E-state index >= 15 is 0 Å². The average Bonchev–Trinajstić information content (AvgIpc) is 2.15. The Labute approximate surface area is 70.8 Å². The Morgan fingerprint density at radius 3 is 2.50 bits per heavy atom. The number of aldehydes is 1. The minimum atomic E-state index is -0.143. The van der Waals surface area contributed by atoms with Crippen molar-refractivity contribution in [2.75, 3.05) is 6.61 Å². The van der Waals surface area contributed by atoms with Gasteiger partial charge in [-0.2, -0.15) is 0 Å². The van der Waals surface area contributed by atoms with Gasteiger partial charge in [0.25, 0.3) is 0 Å². The van der Waals surface area contributed by atoms with Crippen molar-refractivity contribution in [3.05, 3.63) is 35.4 Å². The maximum absolute atomic E-state index is 10.3. The summed E-state index contributed by atoms with van der Waals surface area (Å²) in [5.41, 5.74) is 1.43. The zero-order valence-corrected chi connectivity index (χ0v) is 6.45. The smallest absolute Gasteiger partial charge is 0.150 e. The second-order valence-electron chi connectivity index (χ2n) is 2.20. The van der Waals surface area contributed by atoms with Gasteiger partial charge in [0.2, 0.25) is 0 Å². The molecule has 0 aromatic heterocycles. The van der Waals surface area contributed by atoms with Crippen LogP contribution < -0.4 is 0 Å². The number of benzene rings is 1. The van der Waals surface area contributed by atoms with Crippen LogP contribution in [0.25, 0.3) is 0 Å². The zero-order chi connectivity index (χ0) is 8.81. The third-order valence-corrected chi connectivity index (χ3v) is 1.36. The van der Waals surface area contributed by atoms with Crippen molar-refractivity contribution in [1.29, 1.82) is 0 Å². The Balaban J connectivity index is 2.84. The fraction of sp³-hybridized carbons (Fsp3) is 0.100. The molecule has 0 aliphatic carbocycles. The molecule has 1 N–H and O–H groups in total. The van der Waals surface area contributed by atoms with Gasteiger partial charge in [0.15, 0.2) is 0 Å². The van der Waals surface area contributed by atoms with Gasteiger partial charge in [-0.25, -0.2) is 0 Å². The minimum absolute atomic E-state index is 0.143. The van der Waals surface area contributed by atoms with Crippen LogP contribution in [0, 0.1) is 11.8 Å². The molecule has 0 aliphatic heterocycles. The van der Waals surface area contributed by atoms with Crippen LogP contribution in [-0.2, 0) is 0 Å². The van der Waals surface area contributed by atoms with Gasteiger partial charge in [-0.1, -0.05) is 24.0 Å². The number of hydrogen-bond donors (Lipinski definition) is 1. The van der Waals surface area contributed by atoms with Crippen molar-refractivity contribution >= 4 is 6.29 Å². The lowest BCUT2D eigenvalue weighted by Crippen LogP contribution is -1.80. The minimum Gasteiger partial charge on any atom is -0.384 e. The highest BCUT2D eigenvalue weighted by Gasteiger charge is 1.88. The maximum Gasteiger partial charge on any atom is 0.150 e. The number of rotatable bonds is 1. The Hall–Kier alpha value is -1.59. The van der Waals surface area contributed by atoms with Gasteiger partial charge in [0.1, 0.15) is 12.9 Å². The van der Waals surface area contributed by atoms with E-state index in [1.807, 2.05) is 0 Å². The molecule has 0 unspecified atom stereocenters. The van der Waals surface area contributed by atoms with E-state index in [-0.39, 0.29) is 6.61 Å². The quantitative estimate of drug-likeness (QED) is 0.488. The monoisotopic (exact) mass is 160 g/mol. The normalized spacial score (nSPS) is 8.42. The molecule has 1 aromatic rings. The Morgan fingerprint density at radius 2 is 2.00 bits per heavy atom. The average molecular weight is 160 g/mol. The van der Waals surface area contributed by atoms with Gasteiger partial charge in [-0.3, -0.25) is 4.79 Å². The predicted molar refractivity (Wildman–Crippen MR) is 45.8 cm³/mol. The maximum atomic E-state index is 10.3. The number of hydrogen-bond acceptors (Lipinski definition) is 2. The summed E-state index contributed by atoms with van der Waals surface area (Å²) in [6.45, 7) is -0.143. The van der Waals surface area contributed by atoms with Gasteiger partial charge in [-0.05, 0) is 12.1 Å². The van der Waals surface area contributed by atoms with Crippen LogP contribution >= 0.6 is 0 Å². The first-order valence-corrected chi connectivity index (χ1v) is 3.52. The van der Waals surface area contributed by atoms with Crippen LogP contribution in [0.1, 0.15) is 15.9 Å². The van der Waals surface area contributed by atoms with Gasteiger partial charge in [-0.15, -0.1) is 0 Å². The summed E-state index contributed by atoms with van der Waals surface area (Å²) in [4.78, 5) is 10.3. The molecule has 0 radical (unpaired) electrons. The predicted octanol–water partition coefficient (Wildman–Crippen LogP) is 0.843. The second kappa shape index (κ2) is 4.32. The largest absolute Gasteiger partial charge is 0.384 e. The topological polar surface area (TPSA) is 37.3 Å². The molecule has 0 aliphatic rings. The summed E-state index contributed by atoms with van der Waals surface area (Å²) in [7, 11) is 0. The molecule has 0 saturated heterocycles. The van der Waals surface area contributed by atoms with Crippen molar-refractivity contribution in [2.45, 2.75) is 0 Å². The van der Waals surface area contributed by atoms with E-state index in [0.717, 1.165) is 11.8 Å². The number of carbonyl (C=O) groups is 1. The van der Waals surface area contributed by atoms with Crippen LogP contribution in [0.4, 0.5) is 0 Å². The molecule has 0 heterocycles. The van der Waals surface area contributed by atoms with Crippen molar-refractivity contribution in [3.8, 4) is 11.8 Å². The van der Waals surface area contributed by atoms with Gasteiger partial charge < -0.3 is 5.11 Å². The van der Waals surface area contributed by atoms with E-state index in [2.05, 4.69) is 11.8 Å². The van der Waals surface area contributed by atoms with E-state index in [4.69, 9.17) is 5.11 Å². The summed E-state index contributed by atoms with van der Waals surface area (Å²) in [5, 5.41) is 8.40. The molecule has 0 fully saturated rings. The lowest BCUT2D eigenvalue weighted by atomic mass is 10.1. The lowest BCUT2D eigenvalue weighted by molar-refractivity contribution is 0.112. The zero-order valence-electron chi connectivity index (χ0n) is 6.45. The first-order chi connectivity index (χ1) is 5.86.